The van der Waals surface area contributed by atoms with Crippen LogP contribution < -0.4 is 4.74 Å². The van der Waals surface area contributed by atoms with Crippen molar-refractivity contribution in [1.82, 2.24) is 0 Å². The third-order valence-corrected chi connectivity index (χ3v) is 3.14. The summed E-state index contributed by atoms with van der Waals surface area (Å²) in [5.74, 6) is -1.25. The van der Waals surface area contributed by atoms with Crippen molar-refractivity contribution in [2.45, 2.75) is 32.8 Å². The van der Waals surface area contributed by atoms with Crippen LogP contribution in [-0.2, 0) is 13.0 Å². The average Bonchev–Trinajstić information content (AvgIpc) is 2.47. The molecule has 3 heteroatoms. The van der Waals surface area contributed by atoms with Crippen LogP contribution in [0.2, 0.25) is 0 Å². The van der Waals surface area contributed by atoms with Gasteiger partial charge in [0.2, 0.25) is 0 Å². The first kappa shape index (κ1) is 14.5. The minimum atomic E-state index is -0.867. The van der Waals surface area contributed by atoms with Gasteiger partial charge in [-0.05, 0) is 30.0 Å². The third-order valence-electron chi connectivity index (χ3n) is 3.14. The van der Waals surface area contributed by atoms with Gasteiger partial charge in [-0.15, -0.1) is 0 Å². The van der Waals surface area contributed by atoms with Gasteiger partial charge in [-0.3, -0.25) is 0 Å². The summed E-state index contributed by atoms with van der Waals surface area (Å²) in [5.41, 5.74) is 1.72. The number of halogens is 2. The monoisotopic (exact) mass is 276 g/mol. The minimum absolute atomic E-state index is 0.352. The van der Waals surface area contributed by atoms with Crippen molar-refractivity contribution in [3.63, 3.8) is 0 Å². The van der Waals surface area contributed by atoms with Crippen LogP contribution in [-0.4, -0.2) is 0 Å². The molecule has 0 saturated heterocycles. The van der Waals surface area contributed by atoms with Crippen LogP contribution in [0.1, 0.15) is 30.9 Å². The number of unbranched alkanes of at least 4 members (excludes halogenated alkanes) is 1. The molecule has 0 atom stereocenters. The van der Waals surface area contributed by atoms with E-state index in [9.17, 15) is 8.78 Å². The van der Waals surface area contributed by atoms with Gasteiger partial charge in [-0.1, -0.05) is 43.7 Å². The van der Waals surface area contributed by atoms with E-state index in [1.54, 1.807) is 0 Å². The van der Waals surface area contributed by atoms with Gasteiger partial charge in [0, 0.05) is 6.07 Å². The fourth-order valence-electron chi connectivity index (χ4n) is 2.00. The van der Waals surface area contributed by atoms with Crippen LogP contribution in [0.5, 0.6) is 5.75 Å². The number of rotatable bonds is 6. The maximum absolute atomic E-state index is 13.4. The fourth-order valence-corrected chi connectivity index (χ4v) is 2.00. The summed E-state index contributed by atoms with van der Waals surface area (Å²) < 4.78 is 32.3. The Labute approximate surface area is 118 Å². The van der Waals surface area contributed by atoms with Crippen LogP contribution in [0.25, 0.3) is 0 Å². The van der Waals surface area contributed by atoms with Gasteiger partial charge in [0.25, 0.3) is 0 Å². The molecule has 0 fully saturated rings. The zero-order valence-corrected chi connectivity index (χ0v) is 11.5. The molecule has 0 bridgehead atoms. The molecule has 2 aromatic rings. The van der Waals surface area contributed by atoms with Gasteiger partial charge < -0.3 is 4.74 Å². The molecule has 0 saturated carbocycles. The predicted octanol–water partition coefficient (Wildman–Crippen LogP) is 4.89. The number of aryl methyl sites for hydroxylation is 1. The lowest BCUT2D eigenvalue weighted by Gasteiger charge is -2.12. The molecule has 0 heterocycles. The molecule has 2 rings (SSSR count). The first-order valence-electron chi connectivity index (χ1n) is 6.85. The van der Waals surface area contributed by atoms with Gasteiger partial charge in [0.05, 0.1) is 0 Å². The van der Waals surface area contributed by atoms with E-state index in [1.165, 1.54) is 6.07 Å². The fraction of sp³-hybridized carbons (Fsp3) is 0.294. The Morgan fingerprint density at radius 2 is 1.70 bits per heavy atom. The highest BCUT2D eigenvalue weighted by Crippen LogP contribution is 2.25. The standard InChI is InChI=1S/C17H18F2O/c1-2-3-9-14-10-15(18)16(19)11-17(14)20-12-13-7-5-4-6-8-13/h4-8,10-11H,2-3,9,12H2,1H3. The number of hydrogen-bond acceptors (Lipinski definition) is 1. The molecule has 0 aliphatic heterocycles. The molecule has 0 amide bonds. The number of benzene rings is 2. The highest BCUT2D eigenvalue weighted by Gasteiger charge is 2.11. The van der Waals surface area contributed by atoms with E-state index in [0.717, 1.165) is 30.0 Å². The summed E-state index contributed by atoms with van der Waals surface area (Å²) in [5, 5.41) is 0. The van der Waals surface area contributed by atoms with Crippen molar-refractivity contribution < 1.29 is 13.5 Å². The molecule has 0 radical (unpaired) electrons. The highest BCUT2D eigenvalue weighted by atomic mass is 19.2. The lowest BCUT2D eigenvalue weighted by molar-refractivity contribution is 0.299. The first-order valence-corrected chi connectivity index (χ1v) is 6.85. The number of hydrogen-bond donors (Lipinski definition) is 0. The molecule has 0 aliphatic carbocycles. The number of ether oxygens (including phenoxy) is 1. The van der Waals surface area contributed by atoms with Gasteiger partial charge in [0.15, 0.2) is 11.6 Å². The van der Waals surface area contributed by atoms with Crippen molar-refractivity contribution in [3.05, 3.63) is 65.2 Å². The van der Waals surface area contributed by atoms with E-state index in [4.69, 9.17) is 4.74 Å². The summed E-state index contributed by atoms with van der Waals surface area (Å²) in [7, 11) is 0. The van der Waals surface area contributed by atoms with E-state index in [2.05, 4.69) is 6.92 Å². The van der Waals surface area contributed by atoms with Crippen LogP contribution in [0, 0.1) is 11.6 Å². The van der Waals surface area contributed by atoms with Crippen molar-refractivity contribution in [1.29, 1.82) is 0 Å². The van der Waals surface area contributed by atoms with Crippen LogP contribution >= 0.6 is 0 Å². The molecular formula is C17H18F2O. The summed E-state index contributed by atoms with van der Waals surface area (Å²) in [6, 6.07) is 12.0. The quantitative estimate of drug-likeness (QED) is 0.730. The Hall–Kier alpha value is -1.90. The molecule has 2 aromatic carbocycles. The average molecular weight is 276 g/mol. The Morgan fingerprint density at radius 1 is 1.00 bits per heavy atom. The van der Waals surface area contributed by atoms with Gasteiger partial charge in [0.1, 0.15) is 12.4 Å². The Bertz CT molecular complexity index is 552. The molecule has 0 unspecified atom stereocenters. The molecule has 0 aliphatic rings. The van der Waals surface area contributed by atoms with Gasteiger partial charge >= 0.3 is 0 Å². The predicted molar refractivity (Wildman–Crippen MR) is 75.7 cm³/mol. The van der Waals surface area contributed by atoms with Crippen LogP contribution in [0.3, 0.4) is 0 Å². The zero-order valence-electron chi connectivity index (χ0n) is 11.5. The van der Waals surface area contributed by atoms with Crippen molar-refractivity contribution >= 4 is 0 Å². The first-order chi connectivity index (χ1) is 9.70. The Morgan fingerprint density at radius 3 is 2.40 bits per heavy atom. The second kappa shape index (κ2) is 7.04. The van der Waals surface area contributed by atoms with E-state index < -0.39 is 11.6 Å². The minimum Gasteiger partial charge on any atom is -0.489 e. The summed E-state index contributed by atoms with van der Waals surface area (Å²) >= 11 is 0. The van der Waals surface area contributed by atoms with E-state index >= 15 is 0 Å². The van der Waals surface area contributed by atoms with E-state index in [0.29, 0.717) is 18.8 Å². The highest BCUT2D eigenvalue weighted by molar-refractivity contribution is 5.35. The second-order valence-electron chi connectivity index (χ2n) is 4.75. The van der Waals surface area contributed by atoms with E-state index in [1.807, 2.05) is 30.3 Å². The maximum Gasteiger partial charge on any atom is 0.162 e. The largest absolute Gasteiger partial charge is 0.489 e. The summed E-state index contributed by atoms with van der Waals surface area (Å²) in [6.07, 6.45) is 2.61. The lowest BCUT2D eigenvalue weighted by atomic mass is 10.1. The van der Waals surface area contributed by atoms with Gasteiger partial charge in [-0.2, -0.15) is 0 Å². The Balaban J connectivity index is 2.14. The second-order valence-corrected chi connectivity index (χ2v) is 4.75. The summed E-state index contributed by atoms with van der Waals surface area (Å²) in [4.78, 5) is 0. The van der Waals surface area contributed by atoms with Gasteiger partial charge in [-0.25, -0.2) is 8.78 Å². The van der Waals surface area contributed by atoms with E-state index in [-0.39, 0.29) is 0 Å². The molecule has 106 valence electrons. The molecular weight excluding hydrogens is 258 g/mol. The maximum atomic E-state index is 13.4. The third kappa shape index (κ3) is 3.80. The van der Waals surface area contributed by atoms with Crippen LogP contribution in [0.4, 0.5) is 8.78 Å². The molecule has 1 nitrogen and oxygen atoms in total. The molecule has 0 N–H and O–H groups in total. The van der Waals surface area contributed by atoms with Crippen LogP contribution in [0.15, 0.2) is 42.5 Å². The van der Waals surface area contributed by atoms with Crippen molar-refractivity contribution in [2.24, 2.45) is 0 Å². The summed E-state index contributed by atoms with van der Waals surface area (Å²) in [6.45, 7) is 2.41. The van der Waals surface area contributed by atoms with Crippen molar-refractivity contribution in [3.8, 4) is 5.75 Å². The topological polar surface area (TPSA) is 9.23 Å². The molecule has 0 spiro atoms. The smallest absolute Gasteiger partial charge is 0.162 e. The zero-order chi connectivity index (χ0) is 14.4. The normalized spacial score (nSPS) is 10.6. The molecule has 0 aromatic heterocycles. The van der Waals surface area contributed by atoms with Crippen molar-refractivity contribution in [2.75, 3.05) is 0 Å². The SMILES string of the molecule is CCCCc1cc(F)c(F)cc1OCc1ccccc1. The lowest BCUT2D eigenvalue weighted by Crippen LogP contribution is -2.01. The molecule has 20 heavy (non-hydrogen) atoms. The Kier molecular flexibility index (Phi) is 5.10.